The summed E-state index contributed by atoms with van der Waals surface area (Å²) in [5.74, 6) is 0. The van der Waals surface area contributed by atoms with E-state index in [1.54, 1.807) is 27.8 Å². The Morgan fingerprint density at radius 3 is 3.14 bits per heavy atom. The summed E-state index contributed by atoms with van der Waals surface area (Å²) in [5, 5.41) is 9.63. The van der Waals surface area contributed by atoms with E-state index in [0.717, 1.165) is 16.6 Å². The molecule has 0 saturated heterocycles. The lowest BCUT2D eigenvalue weighted by Crippen LogP contribution is -1.95. The molecule has 0 aliphatic heterocycles. The Hall–Kier alpha value is -1.62. The molecule has 0 radical (unpaired) electrons. The molecule has 0 aromatic carbocycles. The van der Waals surface area contributed by atoms with Crippen LogP contribution in [0.3, 0.4) is 0 Å². The minimum atomic E-state index is 0.436. The molecule has 14 heavy (non-hydrogen) atoms. The van der Waals surface area contributed by atoms with E-state index in [9.17, 15) is 0 Å². The first-order valence-electron chi connectivity index (χ1n) is 4.08. The van der Waals surface area contributed by atoms with Crippen LogP contribution in [0.25, 0.3) is 16.6 Å². The van der Waals surface area contributed by atoms with Gasteiger partial charge in [0.2, 0.25) is 0 Å². The monoisotopic (exact) mass is 207 g/mol. The van der Waals surface area contributed by atoms with Crippen LogP contribution < -0.4 is 0 Å². The fourth-order valence-electron chi connectivity index (χ4n) is 1.56. The molecule has 0 bridgehead atoms. The van der Waals surface area contributed by atoms with Crippen molar-refractivity contribution < 1.29 is 0 Å². The SMILES string of the molecule is Cn1ncc2c1c(Cl)nn1ccnc21. The van der Waals surface area contributed by atoms with Crippen LogP contribution in [0, 0.1) is 0 Å². The van der Waals surface area contributed by atoms with Crippen molar-refractivity contribution in [2.24, 2.45) is 7.05 Å². The van der Waals surface area contributed by atoms with E-state index in [-0.39, 0.29) is 0 Å². The number of imidazole rings is 1. The highest BCUT2D eigenvalue weighted by atomic mass is 35.5. The van der Waals surface area contributed by atoms with Gasteiger partial charge >= 0.3 is 0 Å². The summed E-state index contributed by atoms with van der Waals surface area (Å²) in [7, 11) is 1.83. The average Bonchev–Trinajstić information content (AvgIpc) is 2.71. The maximum Gasteiger partial charge on any atom is 0.176 e. The number of fused-ring (bicyclic) bond motifs is 3. The molecule has 0 fully saturated rings. The Bertz CT molecular complexity index is 623. The minimum Gasteiger partial charge on any atom is -0.265 e. The molecular formula is C8H6ClN5. The van der Waals surface area contributed by atoms with Gasteiger partial charge in [0.1, 0.15) is 5.52 Å². The van der Waals surface area contributed by atoms with E-state index in [1.807, 2.05) is 7.05 Å². The number of hydrogen-bond donors (Lipinski definition) is 0. The van der Waals surface area contributed by atoms with Crippen LogP contribution in [-0.4, -0.2) is 24.4 Å². The minimum absolute atomic E-state index is 0.436. The zero-order chi connectivity index (χ0) is 9.71. The lowest BCUT2D eigenvalue weighted by atomic mass is 10.4. The molecule has 5 nitrogen and oxygen atoms in total. The molecule has 0 amide bonds. The molecule has 70 valence electrons. The molecule has 3 aromatic heterocycles. The van der Waals surface area contributed by atoms with Crippen LogP contribution in [-0.2, 0) is 7.05 Å². The first kappa shape index (κ1) is 7.75. The maximum absolute atomic E-state index is 6.02. The van der Waals surface area contributed by atoms with Gasteiger partial charge in [-0.15, -0.1) is 0 Å². The summed E-state index contributed by atoms with van der Waals surface area (Å²) >= 11 is 6.02. The number of aryl methyl sites for hydroxylation is 1. The second-order valence-corrected chi connectivity index (χ2v) is 3.37. The Labute approximate surface area is 83.9 Å². The zero-order valence-electron chi connectivity index (χ0n) is 7.35. The highest BCUT2D eigenvalue weighted by Crippen LogP contribution is 2.23. The highest BCUT2D eigenvalue weighted by Gasteiger charge is 2.11. The number of rotatable bonds is 0. The summed E-state index contributed by atoms with van der Waals surface area (Å²) in [6, 6.07) is 0. The van der Waals surface area contributed by atoms with Crippen molar-refractivity contribution in [1.82, 2.24) is 24.4 Å². The summed E-state index contributed by atoms with van der Waals surface area (Å²) in [6.45, 7) is 0. The topological polar surface area (TPSA) is 48.0 Å². The van der Waals surface area contributed by atoms with Gasteiger partial charge in [0.15, 0.2) is 10.8 Å². The summed E-state index contributed by atoms with van der Waals surface area (Å²) in [5.41, 5.74) is 1.59. The van der Waals surface area contributed by atoms with Crippen molar-refractivity contribution in [2.45, 2.75) is 0 Å². The van der Waals surface area contributed by atoms with Crippen LogP contribution in [0.4, 0.5) is 0 Å². The van der Waals surface area contributed by atoms with Gasteiger partial charge in [0, 0.05) is 19.4 Å². The molecule has 0 N–H and O–H groups in total. The van der Waals surface area contributed by atoms with Gasteiger partial charge in [-0.25, -0.2) is 9.50 Å². The highest BCUT2D eigenvalue weighted by molar-refractivity contribution is 6.34. The van der Waals surface area contributed by atoms with Crippen LogP contribution in [0.5, 0.6) is 0 Å². The quantitative estimate of drug-likeness (QED) is 0.558. The lowest BCUT2D eigenvalue weighted by Gasteiger charge is -1.98. The van der Waals surface area contributed by atoms with Gasteiger partial charge in [0.25, 0.3) is 0 Å². The third-order valence-electron chi connectivity index (χ3n) is 2.19. The van der Waals surface area contributed by atoms with Gasteiger partial charge in [-0.05, 0) is 0 Å². The maximum atomic E-state index is 6.02. The van der Waals surface area contributed by atoms with Gasteiger partial charge in [0.05, 0.1) is 11.6 Å². The molecular weight excluding hydrogens is 202 g/mol. The van der Waals surface area contributed by atoms with Crippen LogP contribution >= 0.6 is 11.6 Å². The van der Waals surface area contributed by atoms with Crippen LogP contribution in [0.15, 0.2) is 18.6 Å². The standard InChI is InChI=1S/C8H6ClN5/c1-13-6-5(4-11-13)8-10-2-3-14(8)12-7(6)9/h2-4H,1H3. The van der Waals surface area contributed by atoms with Gasteiger partial charge in [-0.1, -0.05) is 11.6 Å². The number of aromatic nitrogens is 5. The van der Waals surface area contributed by atoms with Gasteiger partial charge in [-0.2, -0.15) is 10.2 Å². The summed E-state index contributed by atoms with van der Waals surface area (Å²) in [4.78, 5) is 4.19. The Balaban J connectivity index is 2.68. The van der Waals surface area contributed by atoms with Crippen molar-refractivity contribution in [3.63, 3.8) is 0 Å². The van der Waals surface area contributed by atoms with Crippen LogP contribution in [0.2, 0.25) is 5.15 Å². The Morgan fingerprint density at radius 1 is 1.43 bits per heavy atom. The Morgan fingerprint density at radius 2 is 2.29 bits per heavy atom. The van der Waals surface area contributed by atoms with E-state index in [2.05, 4.69) is 15.2 Å². The van der Waals surface area contributed by atoms with Crippen molar-refractivity contribution in [2.75, 3.05) is 0 Å². The second-order valence-electron chi connectivity index (χ2n) is 3.02. The van der Waals surface area contributed by atoms with E-state index in [0.29, 0.717) is 5.15 Å². The molecule has 3 aromatic rings. The molecule has 0 unspecified atom stereocenters. The predicted octanol–water partition coefficient (Wildman–Crippen LogP) is 1.27. The Kier molecular flexibility index (Phi) is 1.36. The van der Waals surface area contributed by atoms with Crippen molar-refractivity contribution >= 4 is 28.2 Å². The lowest BCUT2D eigenvalue weighted by molar-refractivity contribution is 0.792. The van der Waals surface area contributed by atoms with Gasteiger partial charge < -0.3 is 0 Å². The first-order valence-corrected chi connectivity index (χ1v) is 4.46. The normalized spacial score (nSPS) is 11.6. The molecule has 0 aliphatic rings. The first-order chi connectivity index (χ1) is 6.77. The molecule has 3 rings (SSSR count). The molecule has 0 spiro atoms. The number of nitrogens with zero attached hydrogens (tertiary/aromatic N) is 5. The van der Waals surface area contributed by atoms with Crippen molar-refractivity contribution in [3.05, 3.63) is 23.7 Å². The number of hydrogen-bond acceptors (Lipinski definition) is 3. The molecule has 6 heteroatoms. The average molecular weight is 208 g/mol. The number of halogens is 1. The largest absolute Gasteiger partial charge is 0.265 e. The fourth-order valence-corrected chi connectivity index (χ4v) is 1.86. The summed E-state index contributed by atoms with van der Waals surface area (Å²) < 4.78 is 3.34. The zero-order valence-corrected chi connectivity index (χ0v) is 8.10. The third-order valence-corrected chi connectivity index (χ3v) is 2.45. The predicted molar refractivity (Wildman–Crippen MR) is 52.3 cm³/mol. The second kappa shape index (κ2) is 2.45. The van der Waals surface area contributed by atoms with Crippen LogP contribution in [0.1, 0.15) is 0 Å². The summed E-state index contributed by atoms with van der Waals surface area (Å²) in [6.07, 6.45) is 5.18. The van der Waals surface area contributed by atoms with E-state index in [4.69, 9.17) is 11.6 Å². The van der Waals surface area contributed by atoms with Crippen molar-refractivity contribution in [3.8, 4) is 0 Å². The van der Waals surface area contributed by atoms with Gasteiger partial charge in [-0.3, -0.25) is 4.68 Å². The third kappa shape index (κ3) is 0.820. The smallest absolute Gasteiger partial charge is 0.176 e. The van der Waals surface area contributed by atoms with E-state index >= 15 is 0 Å². The molecule has 0 aliphatic carbocycles. The molecule has 0 saturated carbocycles. The molecule has 0 atom stereocenters. The van der Waals surface area contributed by atoms with E-state index < -0.39 is 0 Å². The fraction of sp³-hybridized carbons (Fsp3) is 0.125. The molecule has 3 heterocycles. The van der Waals surface area contributed by atoms with E-state index in [1.165, 1.54) is 0 Å². The van der Waals surface area contributed by atoms with Crippen molar-refractivity contribution in [1.29, 1.82) is 0 Å².